The maximum atomic E-state index is 11.0. The molecule has 0 aliphatic rings. The molecule has 0 saturated heterocycles. The standard InChI is InChI=1S/C13H18O3/c1-10(2)15-8-9-16-13-6-4-12(5-7-13)11(3)14/h4-7,10H,8-9H2,1-3H3. The predicted molar refractivity (Wildman–Crippen MR) is 63.0 cm³/mol. The molecule has 3 nitrogen and oxygen atoms in total. The number of ketones is 1. The number of hydrogen-bond donors (Lipinski definition) is 0. The van der Waals surface area contributed by atoms with E-state index in [1.54, 1.807) is 31.2 Å². The average Bonchev–Trinajstić information content (AvgIpc) is 2.25. The van der Waals surface area contributed by atoms with E-state index in [4.69, 9.17) is 9.47 Å². The molecule has 0 saturated carbocycles. The van der Waals surface area contributed by atoms with Crippen LogP contribution in [-0.4, -0.2) is 25.1 Å². The molecule has 0 aromatic heterocycles. The first-order valence-electron chi connectivity index (χ1n) is 5.45. The smallest absolute Gasteiger partial charge is 0.159 e. The average molecular weight is 222 g/mol. The second-order valence-electron chi connectivity index (χ2n) is 3.85. The van der Waals surface area contributed by atoms with Crippen LogP contribution >= 0.6 is 0 Å². The van der Waals surface area contributed by atoms with Crippen molar-refractivity contribution in [2.75, 3.05) is 13.2 Å². The quantitative estimate of drug-likeness (QED) is 0.548. The molecule has 1 aromatic rings. The second-order valence-corrected chi connectivity index (χ2v) is 3.85. The molecule has 88 valence electrons. The SMILES string of the molecule is CC(=O)c1ccc(OCCOC(C)C)cc1. The largest absolute Gasteiger partial charge is 0.491 e. The van der Waals surface area contributed by atoms with Crippen LogP contribution in [0.4, 0.5) is 0 Å². The number of benzene rings is 1. The van der Waals surface area contributed by atoms with Gasteiger partial charge in [-0.15, -0.1) is 0 Å². The van der Waals surface area contributed by atoms with Crippen LogP contribution < -0.4 is 4.74 Å². The van der Waals surface area contributed by atoms with Gasteiger partial charge in [-0.1, -0.05) is 0 Å². The zero-order valence-corrected chi connectivity index (χ0v) is 10.0. The molecule has 0 spiro atoms. The summed E-state index contributed by atoms with van der Waals surface area (Å²) in [5, 5.41) is 0. The minimum absolute atomic E-state index is 0.0645. The highest BCUT2D eigenvalue weighted by atomic mass is 16.5. The Morgan fingerprint density at radius 2 is 1.81 bits per heavy atom. The molecule has 0 radical (unpaired) electrons. The lowest BCUT2D eigenvalue weighted by Crippen LogP contribution is -2.11. The van der Waals surface area contributed by atoms with Crippen molar-refractivity contribution in [1.29, 1.82) is 0 Å². The fraction of sp³-hybridized carbons (Fsp3) is 0.462. The summed E-state index contributed by atoms with van der Waals surface area (Å²) in [6, 6.07) is 7.13. The van der Waals surface area contributed by atoms with Crippen LogP contribution in [0.2, 0.25) is 0 Å². The van der Waals surface area contributed by atoms with Gasteiger partial charge < -0.3 is 9.47 Å². The van der Waals surface area contributed by atoms with Gasteiger partial charge in [0.2, 0.25) is 0 Å². The highest BCUT2D eigenvalue weighted by molar-refractivity contribution is 5.94. The van der Waals surface area contributed by atoms with Crippen LogP contribution in [0.25, 0.3) is 0 Å². The maximum Gasteiger partial charge on any atom is 0.159 e. The van der Waals surface area contributed by atoms with Crippen molar-refractivity contribution in [2.45, 2.75) is 26.9 Å². The van der Waals surface area contributed by atoms with Gasteiger partial charge in [-0.3, -0.25) is 4.79 Å². The highest BCUT2D eigenvalue weighted by Crippen LogP contribution is 2.12. The van der Waals surface area contributed by atoms with Crippen molar-refractivity contribution < 1.29 is 14.3 Å². The minimum atomic E-state index is 0.0645. The van der Waals surface area contributed by atoms with Crippen LogP contribution in [0.1, 0.15) is 31.1 Å². The van der Waals surface area contributed by atoms with Gasteiger partial charge >= 0.3 is 0 Å². The lowest BCUT2D eigenvalue weighted by atomic mass is 10.1. The van der Waals surface area contributed by atoms with Crippen molar-refractivity contribution in [3.8, 4) is 5.75 Å². The molecular weight excluding hydrogens is 204 g/mol. The van der Waals surface area contributed by atoms with Crippen molar-refractivity contribution in [3.05, 3.63) is 29.8 Å². The fourth-order valence-electron chi connectivity index (χ4n) is 1.23. The molecule has 16 heavy (non-hydrogen) atoms. The maximum absolute atomic E-state index is 11.0. The molecule has 1 rings (SSSR count). The van der Waals surface area contributed by atoms with Gasteiger partial charge in [0.15, 0.2) is 5.78 Å². The molecule has 0 fully saturated rings. The first-order chi connectivity index (χ1) is 7.59. The molecule has 0 N–H and O–H groups in total. The molecular formula is C13H18O3. The zero-order chi connectivity index (χ0) is 12.0. The van der Waals surface area contributed by atoms with Crippen molar-refractivity contribution in [3.63, 3.8) is 0 Å². The van der Waals surface area contributed by atoms with E-state index < -0.39 is 0 Å². The van der Waals surface area contributed by atoms with E-state index >= 15 is 0 Å². The van der Waals surface area contributed by atoms with E-state index in [9.17, 15) is 4.79 Å². The lowest BCUT2D eigenvalue weighted by molar-refractivity contribution is 0.0552. The van der Waals surface area contributed by atoms with Gasteiger partial charge in [0.05, 0.1) is 12.7 Å². The molecule has 0 heterocycles. The number of hydrogen-bond acceptors (Lipinski definition) is 3. The Morgan fingerprint density at radius 3 is 2.31 bits per heavy atom. The monoisotopic (exact) mass is 222 g/mol. The van der Waals surface area contributed by atoms with Crippen LogP contribution in [0, 0.1) is 0 Å². The number of carbonyl (C=O) groups excluding carboxylic acids is 1. The molecule has 0 atom stereocenters. The molecule has 0 bridgehead atoms. The Labute approximate surface area is 96.4 Å². The van der Waals surface area contributed by atoms with E-state index in [0.717, 1.165) is 5.75 Å². The zero-order valence-electron chi connectivity index (χ0n) is 10.0. The fourth-order valence-corrected chi connectivity index (χ4v) is 1.23. The van der Waals surface area contributed by atoms with E-state index in [0.29, 0.717) is 18.8 Å². The van der Waals surface area contributed by atoms with Gasteiger partial charge in [0.1, 0.15) is 12.4 Å². The van der Waals surface area contributed by atoms with Crippen LogP contribution in [0.3, 0.4) is 0 Å². The van der Waals surface area contributed by atoms with Gasteiger partial charge in [0, 0.05) is 5.56 Å². The minimum Gasteiger partial charge on any atom is -0.491 e. The number of carbonyl (C=O) groups is 1. The van der Waals surface area contributed by atoms with Crippen LogP contribution in [0.5, 0.6) is 5.75 Å². The summed E-state index contributed by atoms with van der Waals surface area (Å²) < 4.78 is 10.8. The van der Waals surface area contributed by atoms with E-state index in [1.807, 2.05) is 13.8 Å². The number of Topliss-reactive ketones (excluding diaryl/α,β-unsaturated/α-hetero) is 1. The van der Waals surface area contributed by atoms with E-state index in [1.165, 1.54) is 0 Å². The molecule has 0 aliphatic carbocycles. The van der Waals surface area contributed by atoms with Crippen molar-refractivity contribution >= 4 is 5.78 Å². The summed E-state index contributed by atoms with van der Waals surface area (Å²) in [7, 11) is 0. The summed E-state index contributed by atoms with van der Waals surface area (Å²) in [6.07, 6.45) is 0.226. The van der Waals surface area contributed by atoms with Crippen molar-refractivity contribution in [1.82, 2.24) is 0 Å². The Bertz CT molecular complexity index is 328. The lowest BCUT2D eigenvalue weighted by Gasteiger charge is -2.09. The third kappa shape index (κ3) is 4.45. The summed E-state index contributed by atoms with van der Waals surface area (Å²) in [5.41, 5.74) is 0.700. The molecule has 0 amide bonds. The predicted octanol–water partition coefficient (Wildman–Crippen LogP) is 2.69. The number of rotatable bonds is 6. The van der Waals surface area contributed by atoms with Crippen LogP contribution in [0.15, 0.2) is 24.3 Å². The Kier molecular flexibility index (Phi) is 4.99. The van der Waals surface area contributed by atoms with E-state index in [2.05, 4.69) is 0 Å². The Hall–Kier alpha value is -1.35. The molecule has 0 unspecified atom stereocenters. The molecule has 3 heteroatoms. The third-order valence-electron chi connectivity index (χ3n) is 2.06. The Morgan fingerprint density at radius 1 is 1.19 bits per heavy atom. The summed E-state index contributed by atoms with van der Waals surface area (Å²) in [5.74, 6) is 0.826. The normalized spacial score (nSPS) is 10.5. The Balaban J connectivity index is 2.35. The highest BCUT2D eigenvalue weighted by Gasteiger charge is 1.99. The summed E-state index contributed by atoms with van der Waals surface area (Å²) >= 11 is 0. The first kappa shape index (κ1) is 12.7. The summed E-state index contributed by atoms with van der Waals surface area (Å²) in [6.45, 7) is 6.62. The molecule has 1 aromatic carbocycles. The number of ether oxygens (including phenoxy) is 2. The molecule has 0 aliphatic heterocycles. The third-order valence-corrected chi connectivity index (χ3v) is 2.06. The second kappa shape index (κ2) is 6.28. The summed E-state index contributed by atoms with van der Waals surface area (Å²) in [4.78, 5) is 11.0. The first-order valence-corrected chi connectivity index (χ1v) is 5.45. The van der Waals surface area contributed by atoms with Gasteiger partial charge in [0.25, 0.3) is 0 Å². The van der Waals surface area contributed by atoms with Crippen LogP contribution in [-0.2, 0) is 4.74 Å². The van der Waals surface area contributed by atoms with Gasteiger partial charge in [-0.05, 0) is 45.0 Å². The van der Waals surface area contributed by atoms with Gasteiger partial charge in [-0.25, -0.2) is 0 Å². The topological polar surface area (TPSA) is 35.5 Å². The van der Waals surface area contributed by atoms with Gasteiger partial charge in [-0.2, -0.15) is 0 Å². The van der Waals surface area contributed by atoms with Crippen molar-refractivity contribution in [2.24, 2.45) is 0 Å². The van der Waals surface area contributed by atoms with E-state index in [-0.39, 0.29) is 11.9 Å².